The van der Waals surface area contributed by atoms with Crippen LogP contribution in [-0.4, -0.2) is 29.9 Å². The number of amides is 1. The number of methoxy groups -OCH3 is 2. The van der Waals surface area contributed by atoms with E-state index in [-0.39, 0.29) is 12.1 Å². The van der Waals surface area contributed by atoms with Gasteiger partial charge in [-0.3, -0.25) is 9.48 Å². The van der Waals surface area contributed by atoms with E-state index in [0.717, 1.165) is 0 Å². The van der Waals surface area contributed by atoms with Gasteiger partial charge in [0, 0.05) is 22.8 Å². The summed E-state index contributed by atoms with van der Waals surface area (Å²) in [7, 11) is 2.94. The van der Waals surface area contributed by atoms with Crippen LogP contribution in [0.25, 0.3) is 0 Å². The first-order valence-electron chi connectivity index (χ1n) is 8.02. The molecule has 0 saturated carbocycles. The number of carbonyl (C=O) groups excluding carboxylic acids is 1. The van der Waals surface area contributed by atoms with Crippen LogP contribution in [0.15, 0.2) is 48.7 Å². The smallest absolute Gasteiger partial charge is 0.264 e. The van der Waals surface area contributed by atoms with Crippen LogP contribution in [0.2, 0.25) is 5.02 Å². The fraction of sp³-hybridized carbons (Fsp3) is 0.158. The molecule has 0 unspecified atom stereocenters. The number of nitrogens with one attached hydrogen (secondary N) is 1. The van der Waals surface area contributed by atoms with E-state index in [1.165, 1.54) is 31.0 Å². The second-order valence-corrected chi connectivity index (χ2v) is 6.00. The molecule has 0 bridgehead atoms. The molecule has 0 aliphatic rings. The zero-order valence-corrected chi connectivity index (χ0v) is 15.5. The molecule has 3 aromatic rings. The maximum atomic E-state index is 13.9. The highest BCUT2D eigenvalue weighted by Crippen LogP contribution is 2.29. The van der Waals surface area contributed by atoms with Gasteiger partial charge in [0.25, 0.3) is 5.91 Å². The molecular formula is C19H17ClFN3O3. The number of carbonyl (C=O) groups is 1. The first kappa shape index (κ1) is 18.7. The van der Waals surface area contributed by atoms with Crippen molar-refractivity contribution >= 4 is 23.3 Å². The van der Waals surface area contributed by atoms with Gasteiger partial charge in [-0.25, -0.2) is 4.39 Å². The summed E-state index contributed by atoms with van der Waals surface area (Å²) in [5.74, 6) is 0.218. The van der Waals surface area contributed by atoms with E-state index >= 15 is 0 Å². The first-order valence-corrected chi connectivity index (χ1v) is 8.40. The summed E-state index contributed by atoms with van der Waals surface area (Å²) < 4.78 is 25.9. The molecule has 0 radical (unpaired) electrons. The van der Waals surface area contributed by atoms with E-state index in [2.05, 4.69) is 10.4 Å². The summed E-state index contributed by atoms with van der Waals surface area (Å²) >= 11 is 6.04. The molecule has 0 spiro atoms. The fourth-order valence-corrected chi connectivity index (χ4v) is 2.84. The van der Waals surface area contributed by atoms with Crippen molar-refractivity contribution in [2.75, 3.05) is 19.5 Å². The number of hydrogen-bond donors (Lipinski definition) is 1. The lowest BCUT2D eigenvalue weighted by molar-refractivity contribution is 0.102. The molecule has 0 atom stereocenters. The molecule has 27 heavy (non-hydrogen) atoms. The van der Waals surface area contributed by atoms with Gasteiger partial charge in [-0.2, -0.15) is 5.10 Å². The van der Waals surface area contributed by atoms with Gasteiger partial charge in [-0.15, -0.1) is 0 Å². The Balaban J connectivity index is 1.80. The van der Waals surface area contributed by atoms with Crippen LogP contribution >= 0.6 is 11.6 Å². The summed E-state index contributed by atoms with van der Waals surface area (Å²) in [6, 6.07) is 11.1. The zero-order chi connectivity index (χ0) is 19.4. The number of anilines is 1. The van der Waals surface area contributed by atoms with Crippen molar-refractivity contribution in [2.24, 2.45) is 0 Å². The van der Waals surface area contributed by atoms with Gasteiger partial charge in [-0.1, -0.05) is 23.7 Å². The Morgan fingerprint density at radius 1 is 1.15 bits per heavy atom. The van der Waals surface area contributed by atoms with Crippen LogP contribution < -0.4 is 14.8 Å². The molecule has 0 saturated heterocycles. The largest absolute Gasteiger partial charge is 0.496 e. The normalized spacial score (nSPS) is 10.5. The summed E-state index contributed by atoms with van der Waals surface area (Å²) in [4.78, 5) is 12.6. The molecule has 1 heterocycles. The van der Waals surface area contributed by atoms with Crippen molar-refractivity contribution in [3.63, 3.8) is 0 Å². The molecule has 0 fully saturated rings. The summed E-state index contributed by atoms with van der Waals surface area (Å²) in [5.41, 5.74) is 0.584. The van der Waals surface area contributed by atoms with E-state index in [9.17, 15) is 9.18 Å². The predicted molar refractivity (Wildman–Crippen MR) is 100 cm³/mol. The highest BCUT2D eigenvalue weighted by atomic mass is 35.5. The Morgan fingerprint density at radius 2 is 1.81 bits per heavy atom. The second-order valence-electron chi connectivity index (χ2n) is 5.59. The van der Waals surface area contributed by atoms with Crippen molar-refractivity contribution in [3.8, 4) is 11.5 Å². The number of benzene rings is 2. The standard InChI is InChI=1S/C19H17ClFN3O3/c1-26-15-7-4-8-16(27-2)18(15)19(25)22-17-9-10-24(23-17)11-12-13(20)5-3-6-14(12)21/h3-10H,11H2,1-2H3,(H,22,23,25). The minimum atomic E-state index is -0.432. The van der Waals surface area contributed by atoms with E-state index in [0.29, 0.717) is 27.9 Å². The van der Waals surface area contributed by atoms with E-state index in [4.69, 9.17) is 21.1 Å². The molecule has 1 amide bonds. The van der Waals surface area contributed by atoms with Crippen molar-refractivity contribution in [1.82, 2.24) is 9.78 Å². The molecule has 6 nitrogen and oxygen atoms in total. The first-order chi connectivity index (χ1) is 13.0. The maximum absolute atomic E-state index is 13.9. The van der Waals surface area contributed by atoms with Gasteiger partial charge >= 0.3 is 0 Å². The summed E-state index contributed by atoms with van der Waals surface area (Å²) in [6.45, 7) is 0.138. The van der Waals surface area contributed by atoms with E-state index < -0.39 is 11.7 Å². The quantitative estimate of drug-likeness (QED) is 0.692. The van der Waals surface area contributed by atoms with Crippen LogP contribution in [0.4, 0.5) is 10.2 Å². The number of ether oxygens (including phenoxy) is 2. The van der Waals surface area contributed by atoms with Gasteiger partial charge in [0.15, 0.2) is 5.82 Å². The minimum Gasteiger partial charge on any atom is -0.496 e. The predicted octanol–water partition coefficient (Wildman–Crippen LogP) is 3.99. The third-order valence-electron chi connectivity index (χ3n) is 3.92. The van der Waals surface area contributed by atoms with Crippen LogP contribution in [0.3, 0.4) is 0 Å². The van der Waals surface area contributed by atoms with Crippen molar-refractivity contribution in [1.29, 1.82) is 0 Å². The van der Waals surface area contributed by atoms with Crippen LogP contribution in [0.5, 0.6) is 11.5 Å². The number of hydrogen-bond acceptors (Lipinski definition) is 4. The molecule has 8 heteroatoms. The molecule has 2 aromatic carbocycles. The maximum Gasteiger partial charge on any atom is 0.264 e. The monoisotopic (exact) mass is 389 g/mol. The minimum absolute atomic E-state index is 0.138. The Morgan fingerprint density at radius 3 is 2.44 bits per heavy atom. The van der Waals surface area contributed by atoms with Crippen molar-refractivity contribution in [3.05, 3.63) is 70.6 Å². The fourth-order valence-electron chi connectivity index (χ4n) is 2.62. The van der Waals surface area contributed by atoms with Gasteiger partial charge in [0.05, 0.1) is 20.8 Å². The number of aromatic nitrogens is 2. The van der Waals surface area contributed by atoms with Gasteiger partial charge in [0.2, 0.25) is 0 Å². The molecule has 140 valence electrons. The number of rotatable bonds is 6. The van der Waals surface area contributed by atoms with Gasteiger partial charge in [-0.05, 0) is 24.3 Å². The Hall–Kier alpha value is -3.06. The Bertz CT molecular complexity index is 932. The molecule has 1 aromatic heterocycles. The third-order valence-corrected chi connectivity index (χ3v) is 4.27. The Kier molecular flexibility index (Phi) is 5.61. The lowest BCUT2D eigenvalue weighted by Crippen LogP contribution is -2.15. The van der Waals surface area contributed by atoms with Gasteiger partial charge < -0.3 is 14.8 Å². The van der Waals surface area contributed by atoms with Crippen molar-refractivity contribution < 1.29 is 18.7 Å². The third kappa shape index (κ3) is 4.03. The highest BCUT2D eigenvalue weighted by Gasteiger charge is 2.19. The average molecular weight is 390 g/mol. The van der Waals surface area contributed by atoms with E-state index in [1.807, 2.05) is 0 Å². The molecule has 0 aliphatic heterocycles. The molecular weight excluding hydrogens is 373 g/mol. The number of halogens is 2. The zero-order valence-electron chi connectivity index (χ0n) is 14.7. The SMILES string of the molecule is COc1cccc(OC)c1C(=O)Nc1ccn(Cc2c(F)cccc2Cl)n1. The highest BCUT2D eigenvalue weighted by molar-refractivity contribution is 6.31. The topological polar surface area (TPSA) is 65.4 Å². The lowest BCUT2D eigenvalue weighted by Gasteiger charge is -2.12. The van der Waals surface area contributed by atoms with Crippen molar-refractivity contribution in [2.45, 2.75) is 6.54 Å². The van der Waals surface area contributed by atoms with Crippen LogP contribution in [-0.2, 0) is 6.54 Å². The number of nitrogens with zero attached hydrogens (tertiary/aromatic N) is 2. The summed E-state index contributed by atoms with van der Waals surface area (Å²) in [5, 5.41) is 7.24. The van der Waals surface area contributed by atoms with E-state index in [1.54, 1.807) is 36.5 Å². The molecule has 3 rings (SSSR count). The molecule has 1 N–H and O–H groups in total. The Labute approximate surface area is 160 Å². The molecule has 0 aliphatic carbocycles. The van der Waals surface area contributed by atoms with Crippen LogP contribution in [0.1, 0.15) is 15.9 Å². The second kappa shape index (κ2) is 8.09. The average Bonchev–Trinajstić information content (AvgIpc) is 3.11. The van der Waals surface area contributed by atoms with Gasteiger partial charge in [0.1, 0.15) is 22.9 Å². The summed E-state index contributed by atoms with van der Waals surface area (Å²) in [6.07, 6.45) is 1.62. The van der Waals surface area contributed by atoms with Crippen LogP contribution in [0, 0.1) is 5.82 Å². The lowest BCUT2D eigenvalue weighted by atomic mass is 10.1.